The van der Waals surface area contributed by atoms with Crippen LogP contribution >= 0.6 is 0 Å². The van der Waals surface area contributed by atoms with Crippen LogP contribution in [-0.2, 0) is 9.63 Å². The molecule has 1 amide bonds. The molecule has 0 spiro atoms. The van der Waals surface area contributed by atoms with Gasteiger partial charge in [0.1, 0.15) is 13.2 Å². The van der Waals surface area contributed by atoms with Crippen molar-refractivity contribution in [3.8, 4) is 11.5 Å². The quantitative estimate of drug-likeness (QED) is 0.494. The Labute approximate surface area is 106 Å². The lowest BCUT2D eigenvalue weighted by atomic mass is 10.3. The first kappa shape index (κ1) is 14.3. The first-order valence-corrected chi connectivity index (χ1v) is 5.71. The van der Waals surface area contributed by atoms with Gasteiger partial charge >= 0.3 is 0 Å². The summed E-state index contributed by atoms with van der Waals surface area (Å²) in [5, 5.41) is 0. The van der Waals surface area contributed by atoms with Gasteiger partial charge in [-0.3, -0.25) is 9.63 Å². The number of hydrogen-bond acceptors (Lipinski definition) is 5. The normalized spacial score (nSPS) is 10.1. The number of carbonyl (C=O) groups is 1. The van der Waals surface area contributed by atoms with Crippen molar-refractivity contribution in [2.24, 2.45) is 5.73 Å². The second-order valence-corrected chi connectivity index (χ2v) is 3.38. The molecule has 1 aromatic carbocycles. The second-order valence-electron chi connectivity index (χ2n) is 3.38. The predicted octanol–water partition coefficient (Wildman–Crippen LogP) is 0.471. The van der Waals surface area contributed by atoms with Crippen LogP contribution in [0.15, 0.2) is 24.3 Å². The number of hydroxylamine groups is 1. The summed E-state index contributed by atoms with van der Waals surface area (Å²) in [6.45, 7) is 3.17. The molecule has 1 rings (SSSR count). The van der Waals surface area contributed by atoms with E-state index in [1.165, 1.54) is 0 Å². The summed E-state index contributed by atoms with van der Waals surface area (Å²) in [6.07, 6.45) is 0. The number of carbonyl (C=O) groups excluding carboxylic acids is 1. The molecular weight excluding hydrogens is 236 g/mol. The Bertz CT molecular complexity index is 371. The van der Waals surface area contributed by atoms with Crippen molar-refractivity contribution in [1.82, 2.24) is 5.48 Å². The van der Waals surface area contributed by atoms with Gasteiger partial charge < -0.3 is 15.2 Å². The molecule has 0 aliphatic carbocycles. The summed E-state index contributed by atoms with van der Waals surface area (Å²) in [5.74, 6) is 0.860. The molecule has 0 aliphatic heterocycles. The second kappa shape index (κ2) is 8.32. The molecule has 1 aromatic rings. The van der Waals surface area contributed by atoms with Gasteiger partial charge in [-0.05, 0) is 19.1 Å². The molecular formula is C12H18N2O4. The van der Waals surface area contributed by atoms with Crippen LogP contribution in [0.4, 0.5) is 0 Å². The van der Waals surface area contributed by atoms with E-state index in [9.17, 15) is 4.79 Å². The van der Waals surface area contributed by atoms with Gasteiger partial charge in [0, 0.05) is 0 Å². The third-order valence-electron chi connectivity index (χ3n) is 1.93. The van der Waals surface area contributed by atoms with Gasteiger partial charge in [-0.15, -0.1) is 0 Å². The number of amides is 1. The number of rotatable bonds is 9. The minimum atomic E-state index is -0.523. The number of ether oxygens (including phenoxy) is 2. The Morgan fingerprint density at radius 3 is 2.56 bits per heavy atom. The van der Waals surface area contributed by atoms with E-state index in [2.05, 4.69) is 5.48 Å². The molecule has 0 fully saturated rings. The summed E-state index contributed by atoms with van der Waals surface area (Å²) in [7, 11) is 0. The fourth-order valence-electron chi connectivity index (χ4n) is 1.24. The number of hydrogen-bond donors (Lipinski definition) is 2. The van der Waals surface area contributed by atoms with E-state index in [-0.39, 0.29) is 6.61 Å². The number of nitrogens with two attached hydrogens (primary N) is 1. The van der Waals surface area contributed by atoms with Gasteiger partial charge in [-0.25, -0.2) is 0 Å². The van der Waals surface area contributed by atoms with Crippen LogP contribution in [0.3, 0.4) is 0 Å². The van der Waals surface area contributed by atoms with Crippen LogP contribution in [0.25, 0.3) is 0 Å². The van der Waals surface area contributed by atoms with Crippen LogP contribution in [0.2, 0.25) is 0 Å². The van der Waals surface area contributed by atoms with Crippen molar-refractivity contribution in [2.75, 3.05) is 26.4 Å². The molecule has 6 nitrogen and oxygen atoms in total. The molecule has 0 atom stereocenters. The van der Waals surface area contributed by atoms with E-state index >= 15 is 0 Å². The highest BCUT2D eigenvalue weighted by Gasteiger charge is 2.02. The lowest BCUT2D eigenvalue weighted by Crippen LogP contribution is -2.27. The molecule has 0 aliphatic rings. The molecule has 0 unspecified atom stereocenters. The highest BCUT2D eigenvalue weighted by atomic mass is 16.6. The third kappa shape index (κ3) is 5.51. The van der Waals surface area contributed by atoms with Crippen molar-refractivity contribution in [2.45, 2.75) is 6.92 Å². The first-order valence-electron chi connectivity index (χ1n) is 5.71. The minimum absolute atomic E-state index is 0.157. The highest BCUT2D eigenvalue weighted by molar-refractivity contribution is 5.74. The van der Waals surface area contributed by atoms with Gasteiger partial charge in [-0.1, -0.05) is 12.1 Å². The summed E-state index contributed by atoms with van der Waals surface area (Å²) < 4.78 is 10.9. The topological polar surface area (TPSA) is 82.8 Å². The molecule has 0 saturated carbocycles. The Hall–Kier alpha value is -1.79. The van der Waals surface area contributed by atoms with Crippen LogP contribution < -0.4 is 20.7 Å². The molecule has 3 N–H and O–H groups in total. The first-order chi connectivity index (χ1) is 8.74. The van der Waals surface area contributed by atoms with Crippen molar-refractivity contribution in [1.29, 1.82) is 0 Å². The maximum absolute atomic E-state index is 10.4. The van der Waals surface area contributed by atoms with Crippen molar-refractivity contribution in [3.05, 3.63) is 24.3 Å². The monoisotopic (exact) mass is 254 g/mol. The molecule has 0 heterocycles. The fourth-order valence-corrected chi connectivity index (χ4v) is 1.24. The van der Waals surface area contributed by atoms with E-state index in [4.69, 9.17) is 20.0 Å². The standard InChI is InChI=1S/C12H18N2O4/c1-2-16-10-5-3-4-6-11(10)17-8-7-14-18-9-12(13)15/h3-6,14H,2,7-9H2,1H3,(H2,13,15). The van der Waals surface area contributed by atoms with E-state index in [1.807, 2.05) is 31.2 Å². The van der Waals surface area contributed by atoms with E-state index in [0.717, 1.165) is 0 Å². The number of benzene rings is 1. The fraction of sp³-hybridized carbons (Fsp3) is 0.417. The van der Waals surface area contributed by atoms with Crippen LogP contribution in [0.1, 0.15) is 6.92 Å². The SMILES string of the molecule is CCOc1ccccc1OCCNOCC(N)=O. The molecule has 100 valence electrons. The lowest BCUT2D eigenvalue weighted by Gasteiger charge is -2.11. The van der Waals surface area contributed by atoms with Gasteiger partial charge in [0.15, 0.2) is 11.5 Å². The molecule has 6 heteroatoms. The zero-order valence-corrected chi connectivity index (χ0v) is 10.3. The smallest absolute Gasteiger partial charge is 0.245 e. The van der Waals surface area contributed by atoms with Gasteiger partial charge in [0.2, 0.25) is 5.91 Å². The molecule has 18 heavy (non-hydrogen) atoms. The predicted molar refractivity (Wildman–Crippen MR) is 66.3 cm³/mol. The Morgan fingerprint density at radius 1 is 1.28 bits per heavy atom. The third-order valence-corrected chi connectivity index (χ3v) is 1.93. The minimum Gasteiger partial charge on any atom is -0.490 e. The average molecular weight is 254 g/mol. The largest absolute Gasteiger partial charge is 0.490 e. The summed E-state index contributed by atoms with van der Waals surface area (Å²) >= 11 is 0. The number of para-hydroxylation sites is 2. The zero-order chi connectivity index (χ0) is 13.2. The van der Waals surface area contributed by atoms with Crippen LogP contribution in [-0.4, -0.2) is 32.3 Å². The highest BCUT2D eigenvalue weighted by Crippen LogP contribution is 2.25. The summed E-state index contributed by atoms with van der Waals surface area (Å²) in [5.41, 5.74) is 7.47. The molecule has 0 radical (unpaired) electrons. The van der Waals surface area contributed by atoms with Gasteiger partial charge in [-0.2, -0.15) is 5.48 Å². The Kier molecular flexibility index (Phi) is 6.60. The van der Waals surface area contributed by atoms with Gasteiger partial charge in [0.05, 0.1) is 13.2 Å². The summed E-state index contributed by atoms with van der Waals surface area (Å²) in [6, 6.07) is 7.42. The maximum atomic E-state index is 10.4. The van der Waals surface area contributed by atoms with Crippen LogP contribution in [0.5, 0.6) is 11.5 Å². The lowest BCUT2D eigenvalue weighted by molar-refractivity contribution is -0.125. The average Bonchev–Trinajstić information content (AvgIpc) is 2.35. The van der Waals surface area contributed by atoms with E-state index in [0.29, 0.717) is 31.3 Å². The van der Waals surface area contributed by atoms with Crippen molar-refractivity contribution >= 4 is 5.91 Å². The van der Waals surface area contributed by atoms with E-state index < -0.39 is 5.91 Å². The van der Waals surface area contributed by atoms with Crippen LogP contribution in [0, 0.1) is 0 Å². The maximum Gasteiger partial charge on any atom is 0.245 e. The molecule has 0 bridgehead atoms. The number of primary amides is 1. The molecule has 0 aromatic heterocycles. The Balaban J connectivity index is 2.24. The Morgan fingerprint density at radius 2 is 1.94 bits per heavy atom. The van der Waals surface area contributed by atoms with E-state index in [1.54, 1.807) is 0 Å². The van der Waals surface area contributed by atoms with Crippen molar-refractivity contribution < 1.29 is 19.1 Å². The van der Waals surface area contributed by atoms with Gasteiger partial charge in [0.25, 0.3) is 0 Å². The molecule has 0 saturated heterocycles. The number of nitrogens with one attached hydrogen (secondary N) is 1. The van der Waals surface area contributed by atoms with Crippen molar-refractivity contribution in [3.63, 3.8) is 0 Å². The summed E-state index contributed by atoms with van der Waals surface area (Å²) in [4.78, 5) is 15.2. The zero-order valence-electron chi connectivity index (χ0n) is 10.3.